The number of amides is 2. The summed E-state index contributed by atoms with van der Waals surface area (Å²) in [7, 11) is 0. The quantitative estimate of drug-likeness (QED) is 0.787. The van der Waals surface area contributed by atoms with Crippen molar-refractivity contribution in [3.05, 3.63) is 60.2 Å². The van der Waals surface area contributed by atoms with E-state index in [4.69, 9.17) is 0 Å². The number of halogens is 2. The first-order valence-corrected chi connectivity index (χ1v) is 9.35. The van der Waals surface area contributed by atoms with Crippen LogP contribution in [0.15, 0.2) is 59.5 Å². The Kier molecular flexibility index (Phi) is 6.46. The number of carbonyl (C=O) groups is 1. The van der Waals surface area contributed by atoms with Crippen LogP contribution in [0, 0.1) is 0 Å². The molecule has 2 aromatic rings. The van der Waals surface area contributed by atoms with Gasteiger partial charge in [-0.2, -0.15) is 8.78 Å². The summed E-state index contributed by atoms with van der Waals surface area (Å²) in [6, 6.07) is 16.6. The zero-order valence-electron chi connectivity index (χ0n) is 14.3. The van der Waals surface area contributed by atoms with E-state index < -0.39 is 5.76 Å². The second-order valence-electron chi connectivity index (χ2n) is 6.08. The Morgan fingerprint density at radius 2 is 1.65 bits per heavy atom. The number of thioether (sulfide) groups is 1. The molecule has 1 heterocycles. The zero-order valence-corrected chi connectivity index (χ0v) is 15.1. The number of nitrogens with zero attached hydrogens (tertiary/aromatic N) is 2. The molecule has 0 spiro atoms. The second kappa shape index (κ2) is 9.00. The van der Waals surface area contributed by atoms with Crippen molar-refractivity contribution in [2.45, 2.75) is 17.2 Å². The maximum atomic E-state index is 12.4. The van der Waals surface area contributed by atoms with Crippen molar-refractivity contribution < 1.29 is 13.6 Å². The number of piperazine rings is 1. The van der Waals surface area contributed by atoms with Gasteiger partial charge in [0.15, 0.2) is 0 Å². The minimum atomic E-state index is -2.44. The lowest BCUT2D eigenvalue weighted by molar-refractivity contribution is 0.143. The van der Waals surface area contributed by atoms with E-state index in [-0.39, 0.29) is 6.03 Å². The molecule has 1 fully saturated rings. The van der Waals surface area contributed by atoms with Gasteiger partial charge in [-0.15, -0.1) is 0 Å². The van der Waals surface area contributed by atoms with E-state index in [2.05, 4.69) is 22.3 Å². The number of urea groups is 1. The largest absolute Gasteiger partial charge is 0.322 e. The summed E-state index contributed by atoms with van der Waals surface area (Å²) in [6.07, 6.45) is 0. The molecule has 0 unspecified atom stereocenters. The molecule has 4 nitrogen and oxygen atoms in total. The van der Waals surface area contributed by atoms with Crippen LogP contribution in [-0.2, 0) is 6.54 Å². The van der Waals surface area contributed by atoms with Crippen LogP contribution >= 0.6 is 11.8 Å². The maximum Gasteiger partial charge on any atom is 0.321 e. The monoisotopic (exact) mass is 377 g/mol. The predicted molar refractivity (Wildman–Crippen MR) is 101 cm³/mol. The first-order chi connectivity index (χ1) is 12.6. The Hall–Kier alpha value is -2.12. The summed E-state index contributed by atoms with van der Waals surface area (Å²) in [5, 5.41) is 2.83. The SMILES string of the molecule is O=C(Nc1ccc(SC(F)F)cc1)N1CCN(Cc2ccccc2)CC1. The number of alkyl halides is 2. The van der Waals surface area contributed by atoms with E-state index in [0.29, 0.717) is 35.4 Å². The van der Waals surface area contributed by atoms with Crippen LogP contribution in [0.25, 0.3) is 0 Å². The minimum absolute atomic E-state index is 0.154. The number of nitrogens with one attached hydrogen (secondary N) is 1. The van der Waals surface area contributed by atoms with Crippen molar-refractivity contribution in [2.24, 2.45) is 0 Å². The maximum absolute atomic E-state index is 12.4. The standard InChI is InChI=1S/C19H21F2N3OS/c20-18(21)26-17-8-6-16(7-9-17)22-19(25)24-12-10-23(11-13-24)14-15-4-2-1-3-5-15/h1-9,18H,10-14H2,(H,22,25). The van der Waals surface area contributed by atoms with E-state index in [0.717, 1.165) is 19.6 Å². The number of hydrogen-bond acceptors (Lipinski definition) is 3. The lowest BCUT2D eigenvalue weighted by Gasteiger charge is -2.34. The normalized spacial score (nSPS) is 15.3. The number of benzene rings is 2. The summed E-state index contributed by atoms with van der Waals surface area (Å²) < 4.78 is 24.7. The summed E-state index contributed by atoms with van der Waals surface area (Å²) in [6.45, 7) is 3.87. The van der Waals surface area contributed by atoms with Crippen molar-refractivity contribution >= 4 is 23.5 Å². The molecule has 1 aliphatic rings. The third-order valence-electron chi connectivity index (χ3n) is 4.24. The lowest BCUT2D eigenvalue weighted by Crippen LogP contribution is -2.49. The van der Waals surface area contributed by atoms with E-state index in [1.807, 2.05) is 18.2 Å². The molecule has 0 aromatic heterocycles. The number of anilines is 1. The fourth-order valence-electron chi connectivity index (χ4n) is 2.87. The van der Waals surface area contributed by atoms with Crippen LogP contribution in [0.1, 0.15) is 5.56 Å². The predicted octanol–water partition coefficient (Wildman–Crippen LogP) is 4.35. The Morgan fingerprint density at radius 1 is 1.00 bits per heavy atom. The smallest absolute Gasteiger partial charge is 0.321 e. The third-order valence-corrected chi connectivity index (χ3v) is 4.96. The summed E-state index contributed by atoms with van der Waals surface area (Å²) in [4.78, 5) is 17.0. The minimum Gasteiger partial charge on any atom is -0.322 e. The molecule has 1 N–H and O–H groups in total. The average molecular weight is 377 g/mol. The Morgan fingerprint density at radius 3 is 2.27 bits per heavy atom. The fraction of sp³-hybridized carbons (Fsp3) is 0.316. The first kappa shape index (κ1) is 18.7. The Bertz CT molecular complexity index is 704. The molecule has 0 bridgehead atoms. The van der Waals surface area contributed by atoms with Crippen LogP contribution in [0.5, 0.6) is 0 Å². The highest BCUT2D eigenvalue weighted by molar-refractivity contribution is 7.99. The van der Waals surface area contributed by atoms with Gasteiger partial charge in [0.2, 0.25) is 0 Å². The number of carbonyl (C=O) groups excluding carboxylic acids is 1. The van der Waals surface area contributed by atoms with Crippen molar-refractivity contribution in [3.8, 4) is 0 Å². The van der Waals surface area contributed by atoms with Crippen LogP contribution < -0.4 is 5.32 Å². The van der Waals surface area contributed by atoms with Gasteiger partial charge in [0.25, 0.3) is 5.76 Å². The van der Waals surface area contributed by atoms with Gasteiger partial charge in [-0.1, -0.05) is 42.1 Å². The highest BCUT2D eigenvalue weighted by Crippen LogP contribution is 2.26. The van der Waals surface area contributed by atoms with Gasteiger partial charge in [-0.25, -0.2) is 4.79 Å². The Balaban J connectivity index is 1.46. The van der Waals surface area contributed by atoms with E-state index in [1.54, 1.807) is 29.2 Å². The summed E-state index contributed by atoms with van der Waals surface area (Å²) in [5.41, 5.74) is 1.88. The number of hydrogen-bond donors (Lipinski definition) is 1. The molecular weight excluding hydrogens is 356 g/mol. The highest BCUT2D eigenvalue weighted by atomic mass is 32.2. The first-order valence-electron chi connectivity index (χ1n) is 8.47. The van der Waals surface area contributed by atoms with Crippen molar-refractivity contribution in [2.75, 3.05) is 31.5 Å². The van der Waals surface area contributed by atoms with Crippen molar-refractivity contribution in [1.82, 2.24) is 9.80 Å². The van der Waals surface area contributed by atoms with Crippen LogP contribution in [0.3, 0.4) is 0 Å². The van der Waals surface area contributed by atoms with Gasteiger partial charge in [-0.05, 0) is 29.8 Å². The van der Waals surface area contributed by atoms with Gasteiger partial charge in [-0.3, -0.25) is 4.90 Å². The number of rotatable bonds is 5. The molecule has 0 aliphatic carbocycles. The second-order valence-corrected chi connectivity index (χ2v) is 7.15. The van der Waals surface area contributed by atoms with Crippen LogP contribution in [0.2, 0.25) is 0 Å². The van der Waals surface area contributed by atoms with E-state index in [9.17, 15) is 13.6 Å². The van der Waals surface area contributed by atoms with Crippen LogP contribution in [0.4, 0.5) is 19.3 Å². The zero-order chi connectivity index (χ0) is 18.4. The lowest BCUT2D eigenvalue weighted by atomic mass is 10.2. The molecular formula is C19H21F2N3OS. The van der Waals surface area contributed by atoms with E-state index >= 15 is 0 Å². The molecule has 3 rings (SSSR count). The fourth-order valence-corrected chi connectivity index (χ4v) is 3.37. The molecule has 1 saturated heterocycles. The average Bonchev–Trinajstić information content (AvgIpc) is 2.64. The van der Waals surface area contributed by atoms with Gasteiger partial charge in [0.1, 0.15) is 0 Å². The summed E-state index contributed by atoms with van der Waals surface area (Å²) in [5.74, 6) is -2.44. The van der Waals surface area contributed by atoms with Crippen molar-refractivity contribution in [1.29, 1.82) is 0 Å². The van der Waals surface area contributed by atoms with Gasteiger partial charge < -0.3 is 10.2 Å². The van der Waals surface area contributed by atoms with Gasteiger partial charge in [0.05, 0.1) is 0 Å². The Labute approximate surface area is 156 Å². The molecule has 138 valence electrons. The molecule has 2 aromatic carbocycles. The highest BCUT2D eigenvalue weighted by Gasteiger charge is 2.21. The topological polar surface area (TPSA) is 35.6 Å². The van der Waals surface area contributed by atoms with E-state index in [1.165, 1.54) is 5.56 Å². The third kappa shape index (κ3) is 5.44. The molecule has 0 radical (unpaired) electrons. The molecule has 2 amide bonds. The van der Waals surface area contributed by atoms with Gasteiger partial charge in [0, 0.05) is 43.3 Å². The molecule has 0 saturated carbocycles. The molecule has 0 atom stereocenters. The molecule has 26 heavy (non-hydrogen) atoms. The van der Waals surface area contributed by atoms with Crippen molar-refractivity contribution in [3.63, 3.8) is 0 Å². The molecule has 1 aliphatic heterocycles. The molecule has 7 heteroatoms. The van der Waals surface area contributed by atoms with Gasteiger partial charge >= 0.3 is 6.03 Å². The summed E-state index contributed by atoms with van der Waals surface area (Å²) >= 11 is 0.493. The van der Waals surface area contributed by atoms with Crippen LogP contribution in [-0.4, -0.2) is 47.8 Å².